The molecular weight excluding hydrogens is 576 g/mol. The van der Waals surface area contributed by atoms with Crippen molar-refractivity contribution < 1.29 is 35.5 Å². The summed E-state index contributed by atoms with van der Waals surface area (Å²) in [4.78, 5) is 17.6. The Labute approximate surface area is 238 Å². The molecule has 1 aromatic heterocycles. The minimum absolute atomic E-state index is 0.0161. The number of nitrogens with one attached hydrogen (secondary N) is 2. The number of hydrogen-bond donors (Lipinski definition) is 2. The first-order chi connectivity index (χ1) is 20.0. The summed E-state index contributed by atoms with van der Waals surface area (Å²) in [6, 6.07) is 9.27. The molecule has 13 heteroatoms. The number of rotatable bonds is 8. The molecule has 2 N–H and O–H groups in total. The maximum Gasteiger partial charge on any atom is 0.243 e. The third-order valence-electron chi connectivity index (χ3n) is 7.38. The number of methoxy groups -OCH3 is 1. The zero-order valence-corrected chi connectivity index (χ0v) is 22.9. The van der Waals surface area contributed by atoms with Gasteiger partial charge in [-0.15, -0.1) is 0 Å². The molecule has 1 aliphatic carbocycles. The molecule has 1 saturated heterocycles. The lowest BCUT2D eigenvalue weighted by Gasteiger charge is -2.45. The van der Waals surface area contributed by atoms with Crippen LogP contribution in [-0.4, -0.2) is 49.9 Å². The monoisotopic (exact) mass is 600 g/mol. The van der Waals surface area contributed by atoms with E-state index in [-0.39, 0.29) is 25.1 Å². The molecule has 5 rings (SSSR count). The summed E-state index contributed by atoms with van der Waals surface area (Å²) in [6.45, 7) is -0.597. The van der Waals surface area contributed by atoms with Gasteiger partial charge < -0.3 is 15.5 Å². The number of benzene rings is 2. The molecule has 42 heavy (non-hydrogen) atoms. The fraction of sp³-hybridized carbons (Fsp3) is 0.207. The van der Waals surface area contributed by atoms with Crippen LogP contribution >= 0.6 is 0 Å². The van der Waals surface area contributed by atoms with E-state index in [9.17, 15) is 30.8 Å². The molecular formula is C29H24F4N4O4S. The number of sulfonamides is 1. The fourth-order valence-electron chi connectivity index (χ4n) is 5.21. The quantitative estimate of drug-likeness (QED) is 0.158. The summed E-state index contributed by atoms with van der Waals surface area (Å²) >= 11 is 0. The second kappa shape index (κ2) is 11.1. The molecule has 2 heterocycles. The van der Waals surface area contributed by atoms with Crippen molar-refractivity contribution in [1.82, 2.24) is 9.29 Å². The van der Waals surface area contributed by atoms with E-state index >= 15 is 0 Å². The van der Waals surface area contributed by atoms with E-state index in [0.29, 0.717) is 40.4 Å². The number of Topliss-reactive ketones (excluding diaryl/α,β-unsaturated/α-hetero) is 1. The number of aromatic nitrogens is 1. The van der Waals surface area contributed by atoms with Crippen LogP contribution in [0, 0.1) is 34.1 Å². The smallest absolute Gasteiger partial charge is 0.243 e. The number of carbonyl (C=O) groups excluding carboxylic acids is 1. The molecule has 0 spiro atoms. The summed E-state index contributed by atoms with van der Waals surface area (Å²) in [7, 11) is -3.18. The van der Waals surface area contributed by atoms with Crippen molar-refractivity contribution in [2.75, 3.05) is 25.5 Å². The minimum Gasteiger partial charge on any atom is -0.497 e. The van der Waals surface area contributed by atoms with Gasteiger partial charge in [-0.2, -0.15) is 4.31 Å². The molecule has 1 fully saturated rings. The molecule has 218 valence electrons. The Kier molecular flexibility index (Phi) is 7.73. The van der Waals surface area contributed by atoms with Gasteiger partial charge in [0.25, 0.3) is 0 Å². The van der Waals surface area contributed by atoms with Crippen molar-refractivity contribution in [2.24, 2.45) is 5.41 Å². The number of nitrogens with zero attached hydrogens (tertiary/aromatic N) is 2. The van der Waals surface area contributed by atoms with Gasteiger partial charge >= 0.3 is 0 Å². The number of carbonyl (C=O) groups is 1. The number of anilines is 1. The van der Waals surface area contributed by atoms with E-state index in [1.54, 1.807) is 6.08 Å². The zero-order valence-electron chi connectivity index (χ0n) is 22.1. The average Bonchev–Trinajstić information content (AvgIpc) is 2.99. The van der Waals surface area contributed by atoms with Gasteiger partial charge in [-0.3, -0.25) is 9.78 Å². The Hall–Kier alpha value is -4.36. The Balaban J connectivity index is 1.60. The van der Waals surface area contributed by atoms with Crippen LogP contribution in [0.5, 0.6) is 5.75 Å². The number of hydrogen-bond acceptors (Lipinski definition) is 7. The van der Waals surface area contributed by atoms with Gasteiger partial charge in [0.05, 0.1) is 17.4 Å². The van der Waals surface area contributed by atoms with Crippen LogP contribution in [-0.2, 0) is 10.0 Å². The van der Waals surface area contributed by atoms with E-state index < -0.39 is 55.9 Å². The fourth-order valence-corrected chi connectivity index (χ4v) is 6.73. The molecule has 8 nitrogen and oxygen atoms in total. The number of pyridine rings is 1. The van der Waals surface area contributed by atoms with Gasteiger partial charge in [-0.25, -0.2) is 26.0 Å². The van der Waals surface area contributed by atoms with Crippen LogP contribution < -0.4 is 10.1 Å². The van der Waals surface area contributed by atoms with Crippen LogP contribution in [0.1, 0.15) is 23.3 Å². The predicted octanol–water partition coefficient (Wildman–Crippen LogP) is 5.26. The first-order valence-electron chi connectivity index (χ1n) is 12.7. The van der Waals surface area contributed by atoms with E-state index in [1.165, 1.54) is 49.7 Å². The number of ether oxygens (including phenoxy) is 1. The molecule has 1 atom stereocenters. The van der Waals surface area contributed by atoms with Crippen molar-refractivity contribution in [3.05, 3.63) is 107 Å². The molecule has 0 radical (unpaired) electrons. The second-order valence-corrected chi connectivity index (χ2v) is 11.8. The number of halogens is 4. The number of ketones is 1. The van der Waals surface area contributed by atoms with Gasteiger partial charge in [0.2, 0.25) is 10.0 Å². The Morgan fingerprint density at radius 3 is 2.43 bits per heavy atom. The van der Waals surface area contributed by atoms with Gasteiger partial charge in [-0.05, 0) is 67.0 Å². The highest BCUT2D eigenvalue weighted by Crippen LogP contribution is 2.48. The third-order valence-corrected chi connectivity index (χ3v) is 9.20. The first-order valence-corrected chi connectivity index (χ1v) is 14.1. The highest BCUT2D eigenvalue weighted by atomic mass is 32.2. The maximum absolute atomic E-state index is 14.2. The lowest BCUT2D eigenvalue weighted by Crippen LogP contribution is -2.52. The van der Waals surface area contributed by atoms with Crippen molar-refractivity contribution in [3.63, 3.8) is 0 Å². The maximum atomic E-state index is 14.2. The van der Waals surface area contributed by atoms with E-state index in [2.05, 4.69) is 10.3 Å². The largest absolute Gasteiger partial charge is 0.497 e. The highest BCUT2D eigenvalue weighted by molar-refractivity contribution is 7.89. The van der Waals surface area contributed by atoms with Crippen molar-refractivity contribution in [3.8, 4) is 5.75 Å². The zero-order chi connectivity index (χ0) is 30.2. The van der Waals surface area contributed by atoms with Crippen molar-refractivity contribution in [2.45, 2.75) is 17.7 Å². The lowest BCUT2D eigenvalue weighted by molar-refractivity contribution is 0.0769. The van der Waals surface area contributed by atoms with Crippen LogP contribution in [0.3, 0.4) is 0 Å². The molecule has 0 bridgehead atoms. The van der Waals surface area contributed by atoms with Crippen LogP contribution in [0.15, 0.2) is 82.5 Å². The SMILES string of the molecule is COc1ccnc(C(=O)[C@]23CC(C=N)=C(Nc4ccc(F)cc4)C=C2CCN(S(=O)(=O)c2cc(F)c(F)c(F)c2)C3)c1. The Morgan fingerprint density at radius 2 is 1.79 bits per heavy atom. The van der Waals surface area contributed by atoms with E-state index in [1.807, 2.05) is 0 Å². The molecule has 2 aliphatic rings. The predicted molar refractivity (Wildman–Crippen MR) is 146 cm³/mol. The molecule has 0 saturated carbocycles. The Bertz CT molecular complexity index is 1740. The standard InChI is InChI=1S/C29H24F4N4O4S/c1-41-21-6-8-35-26(11-21)28(38)29-14-17(15-34)25(36-20-4-2-19(30)3-5-20)10-18(29)7-9-37(16-29)42(39,40)22-12-23(31)27(33)24(32)13-22/h2-6,8,10-13,15,34,36H,7,9,14,16H2,1H3/t29-/m0/s1. The third kappa shape index (κ3) is 5.21. The van der Waals surface area contributed by atoms with Crippen molar-refractivity contribution >= 4 is 27.7 Å². The number of piperidine rings is 1. The first kappa shape index (κ1) is 29.1. The molecule has 1 aliphatic heterocycles. The summed E-state index contributed by atoms with van der Waals surface area (Å²) in [5, 5.41) is 11.2. The summed E-state index contributed by atoms with van der Waals surface area (Å²) in [5.74, 6) is -5.78. The minimum atomic E-state index is -4.59. The normalized spacial score (nSPS) is 19.1. The molecule has 0 unspecified atom stereocenters. The van der Waals surface area contributed by atoms with Gasteiger partial charge in [0.15, 0.2) is 23.2 Å². The highest BCUT2D eigenvalue weighted by Gasteiger charge is 2.51. The van der Waals surface area contributed by atoms with Gasteiger partial charge in [-0.1, -0.05) is 5.57 Å². The molecule has 3 aromatic rings. The Morgan fingerprint density at radius 1 is 1.10 bits per heavy atom. The average molecular weight is 601 g/mol. The summed E-state index contributed by atoms with van der Waals surface area (Å²) < 4.78 is 88.3. The van der Waals surface area contributed by atoms with Crippen molar-refractivity contribution in [1.29, 1.82) is 5.41 Å². The molecule has 0 amide bonds. The van der Waals surface area contributed by atoms with Crippen LogP contribution in [0.4, 0.5) is 23.2 Å². The second-order valence-electron chi connectivity index (χ2n) is 9.84. The lowest BCUT2D eigenvalue weighted by atomic mass is 9.65. The summed E-state index contributed by atoms with van der Waals surface area (Å²) in [6.07, 6.45) is 3.98. The molecule has 2 aromatic carbocycles. The van der Waals surface area contributed by atoms with Crippen LogP contribution in [0.2, 0.25) is 0 Å². The van der Waals surface area contributed by atoms with E-state index in [4.69, 9.17) is 10.1 Å². The summed E-state index contributed by atoms with van der Waals surface area (Å²) in [5.41, 5.74) is 0.303. The topological polar surface area (TPSA) is 112 Å². The van der Waals surface area contributed by atoms with Crippen LogP contribution in [0.25, 0.3) is 0 Å². The van der Waals surface area contributed by atoms with E-state index in [0.717, 1.165) is 10.5 Å². The number of fused-ring (bicyclic) bond motifs is 1. The van der Waals surface area contributed by atoms with Gasteiger partial charge in [0.1, 0.15) is 17.3 Å². The number of allylic oxidation sites excluding steroid dienone is 2. The van der Waals surface area contributed by atoms with Gasteiger partial charge in [0, 0.05) is 43.0 Å².